The van der Waals surface area contributed by atoms with Crippen LogP contribution in [0, 0.1) is 6.07 Å². The number of carboxylic acids is 1. The summed E-state index contributed by atoms with van der Waals surface area (Å²) in [6, 6.07) is 24.4. The van der Waals surface area contributed by atoms with Gasteiger partial charge in [-0.1, -0.05) is 36.4 Å². The third-order valence-corrected chi connectivity index (χ3v) is 5.02. The fraction of sp³-hybridized carbons (Fsp3) is 0.125. The topological polar surface area (TPSA) is 88.0 Å². The minimum atomic E-state index is -0.833. The number of nitrogens with zero attached hydrogens (tertiary/aromatic N) is 1. The predicted molar refractivity (Wildman–Crippen MR) is 124 cm³/mol. The molecule has 0 unspecified atom stereocenters. The second kappa shape index (κ2) is 12.5. The van der Waals surface area contributed by atoms with E-state index in [0.29, 0.717) is 22.4 Å². The number of nitrogens with one attached hydrogen (secondary N) is 1. The van der Waals surface area contributed by atoms with Crippen LogP contribution in [0.4, 0.5) is 5.69 Å². The maximum Gasteiger partial charge on any atom is 1.00 e. The number of carbonyl (C=O) groups excluding carboxylic acids is 1. The zero-order valence-electron chi connectivity index (χ0n) is 18.1. The van der Waals surface area contributed by atoms with E-state index in [1.165, 1.54) is 11.8 Å². The molecule has 3 aromatic rings. The molecule has 158 valence electrons. The van der Waals surface area contributed by atoms with Crippen LogP contribution in [0.5, 0.6) is 0 Å². The second-order valence-electron chi connectivity index (χ2n) is 6.40. The predicted octanol–water partition coefficient (Wildman–Crippen LogP) is 1.99. The van der Waals surface area contributed by atoms with Crippen molar-refractivity contribution in [3.05, 3.63) is 83.3 Å². The van der Waals surface area contributed by atoms with Crippen LogP contribution in [-0.2, 0) is 14.3 Å². The molecule has 0 spiro atoms. The number of carboxylic acid groups (broad SMARTS) is 1. The normalized spacial score (nSPS) is 15.3. The SMILES string of the molecule is CC(=O)O.CCO/C(=C1/SC(=Nc2cc[c-]cc2)NC1=O)c1ccc2ccccc2c1.[Na+]. The molecule has 8 heteroatoms. The molecule has 1 aliphatic rings. The first-order valence-electron chi connectivity index (χ1n) is 9.57. The zero-order valence-corrected chi connectivity index (χ0v) is 20.9. The number of amidine groups is 1. The van der Waals surface area contributed by atoms with Gasteiger partial charge in [-0.3, -0.25) is 14.6 Å². The summed E-state index contributed by atoms with van der Waals surface area (Å²) in [6.07, 6.45) is 0. The molecule has 6 nitrogen and oxygen atoms in total. The molecule has 0 aromatic heterocycles. The number of thioether (sulfide) groups is 1. The Kier molecular flexibility index (Phi) is 9.99. The molecule has 0 aliphatic carbocycles. The van der Waals surface area contributed by atoms with Gasteiger partial charge in [0.25, 0.3) is 11.9 Å². The summed E-state index contributed by atoms with van der Waals surface area (Å²) in [5.41, 5.74) is 1.64. The Morgan fingerprint density at radius 1 is 1.12 bits per heavy atom. The van der Waals surface area contributed by atoms with Crippen molar-refractivity contribution in [2.75, 3.05) is 6.61 Å². The average Bonchev–Trinajstić information content (AvgIpc) is 3.11. The third kappa shape index (κ3) is 6.97. The first kappa shape index (κ1) is 25.7. The molecule has 3 aromatic carbocycles. The first-order chi connectivity index (χ1) is 15.0. The van der Waals surface area contributed by atoms with Gasteiger partial charge in [0, 0.05) is 12.5 Å². The number of amides is 1. The van der Waals surface area contributed by atoms with E-state index in [1.54, 1.807) is 12.1 Å². The van der Waals surface area contributed by atoms with E-state index >= 15 is 0 Å². The molecule has 1 heterocycles. The Balaban J connectivity index is 0.000000672. The van der Waals surface area contributed by atoms with Crippen LogP contribution < -0.4 is 34.9 Å². The monoisotopic (exact) mass is 456 g/mol. The molecule has 2 N–H and O–H groups in total. The van der Waals surface area contributed by atoms with Crippen LogP contribution in [0.15, 0.2) is 76.6 Å². The summed E-state index contributed by atoms with van der Waals surface area (Å²) < 4.78 is 5.87. The summed E-state index contributed by atoms with van der Waals surface area (Å²) in [5, 5.41) is 13.0. The minimum absolute atomic E-state index is 0. The maximum absolute atomic E-state index is 12.6. The van der Waals surface area contributed by atoms with E-state index in [-0.39, 0.29) is 35.5 Å². The minimum Gasteiger partial charge on any atom is -0.492 e. The van der Waals surface area contributed by atoms with Crippen molar-refractivity contribution >= 4 is 51.0 Å². The van der Waals surface area contributed by atoms with E-state index in [4.69, 9.17) is 14.6 Å². The Morgan fingerprint density at radius 3 is 2.44 bits per heavy atom. The number of hydrogen-bond acceptors (Lipinski definition) is 5. The fourth-order valence-electron chi connectivity index (χ4n) is 2.85. The van der Waals surface area contributed by atoms with Crippen molar-refractivity contribution in [3.63, 3.8) is 0 Å². The summed E-state index contributed by atoms with van der Waals surface area (Å²) in [4.78, 5) is 26.6. The second-order valence-corrected chi connectivity index (χ2v) is 7.40. The first-order valence-corrected chi connectivity index (χ1v) is 10.4. The van der Waals surface area contributed by atoms with Crippen LogP contribution in [0.3, 0.4) is 0 Å². The Hall–Kier alpha value is -2.58. The Labute approximate surface area is 213 Å². The van der Waals surface area contributed by atoms with E-state index in [9.17, 15) is 4.79 Å². The third-order valence-electron chi connectivity index (χ3n) is 4.06. The van der Waals surface area contributed by atoms with Gasteiger partial charge in [-0.05, 0) is 41.2 Å². The van der Waals surface area contributed by atoms with Gasteiger partial charge in [0.1, 0.15) is 10.7 Å². The van der Waals surface area contributed by atoms with Crippen LogP contribution in [-0.4, -0.2) is 28.8 Å². The van der Waals surface area contributed by atoms with Gasteiger partial charge in [0.15, 0.2) is 5.17 Å². The summed E-state index contributed by atoms with van der Waals surface area (Å²) >= 11 is 1.30. The van der Waals surface area contributed by atoms with E-state index in [2.05, 4.69) is 22.4 Å². The Morgan fingerprint density at radius 2 is 1.78 bits per heavy atom. The van der Waals surface area contributed by atoms with Crippen molar-refractivity contribution in [3.8, 4) is 0 Å². The van der Waals surface area contributed by atoms with Crippen molar-refractivity contribution in [2.24, 2.45) is 4.99 Å². The molecule has 0 atom stereocenters. The van der Waals surface area contributed by atoms with Crippen LogP contribution >= 0.6 is 11.8 Å². The molecule has 0 bridgehead atoms. The summed E-state index contributed by atoms with van der Waals surface area (Å²) in [7, 11) is 0. The molecular weight excluding hydrogens is 435 g/mol. The average molecular weight is 456 g/mol. The van der Waals surface area contributed by atoms with Gasteiger partial charge >= 0.3 is 29.6 Å². The van der Waals surface area contributed by atoms with Gasteiger partial charge in [-0.2, -0.15) is 18.2 Å². The number of hydrogen-bond donors (Lipinski definition) is 2. The van der Waals surface area contributed by atoms with Crippen molar-refractivity contribution in [2.45, 2.75) is 13.8 Å². The van der Waals surface area contributed by atoms with Crippen molar-refractivity contribution in [1.29, 1.82) is 0 Å². The molecule has 0 saturated carbocycles. The number of rotatable bonds is 4. The zero-order chi connectivity index (χ0) is 22.2. The quantitative estimate of drug-likeness (QED) is 0.271. The van der Waals surface area contributed by atoms with E-state index < -0.39 is 5.97 Å². The Bertz CT molecular complexity index is 1160. The molecule has 1 fully saturated rings. The van der Waals surface area contributed by atoms with Gasteiger partial charge in [-0.15, -0.1) is 12.1 Å². The van der Waals surface area contributed by atoms with E-state index in [0.717, 1.165) is 28.9 Å². The number of ether oxygens (including phenoxy) is 1. The van der Waals surface area contributed by atoms with Gasteiger partial charge in [0.2, 0.25) is 0 Å². The standard InChI is InChI=1S/C22H17N2O2S.C2H4O2.Na/c1-2-26-19(17-13-12-15-8-6-7-9-16(15)14-17)20-21(25)24-22(27-20)23-18-10-4-3-5-11-18;1-2(3)4;/h4-14H,2H2,1H3,(H,23,24,25);1H3,(H,3,4);/q-1;;+1/b20-19+;;. The van der Waals surface area contributed by atoms with Gasteiger partial charge < -0.3 is 15.2 Å². The number of aliphatic imine (C=N–C) groups is 1. The fourth-order valence-corrected chi connectivity index (χ4v) is 3.75. The molecule has 0 radical (unpaired) electrons. The van der Waals surface area contributed by atoms with Crippen LogP contribution in [0.2, 0.25) is 0 Å². The van der Waals surface area contributed by atoms with Crippen LogP contribution in [0.1, 0.15) is 19.4 Å². The molecule has 32 heavy (non-hydrogen) atoms. The maximum atomic E-state index is 12.6. The number of carbonyl (C=O) groups is 2. The smallest absolute Gasteiger partial charge is 0.492 e. The molecule has 1 amide bonds. The molecule has 4 rings (SSSR count). The summed E-state index contributed by atoms with van der Waals surface area (Å²) in [6.45, 7) is 3.47. The molecule has 1 saturated heterocycles. The number of aliphatic carboxylic acids is 1. The van der Waals surface area contributed by atoms with Crippen molar-refractivity contribution in [1.82, 2.24) is 5.32 Å². The van der Waals surface area contributed by atoms with E-state index in [1.807, 2.05) is 55.5 Å². The molecule has 1 aliphatic heterocycles. The van der Waals surface area contributed by atoms with Crippen LogP contribution in [0.25, 0.3) is 16.5 Å². The van der Waals surface area contributed by atoms with Gasteiger partial charge in [0.05, 0.1) is 6.61 Å². The number of fused-ring (bicyclic) bond motifs is 1. The number of benzene rings is 3. The van der Waals surface area contributed by atoms with Gasteiger partial charge in [-0.25, -0.2) is 0 Å². The largest absolute Gasteiger partial charge is 1.00 e. The summed E-state index contributed by atoms with van der Waals surface area (Å²) in [5.74, 6) is -0.449. The van der Waals surface area contributed by atoms with Crippen molar-refractivity contribution < 1.29 is 49.0 Å². The molecular formula is C24H21N2NaO4S.